The monoisotopic (exact) mass is 228 g/mol. The van der Waals surface area contributed by atoms with Gasteiger partial charge in [-0.1, -0.05) is 0 Å². The minimum absolute atomic E-state index is 0.107. The van der Waals surface area contributed by atoms with E-state index in [1.165, 1.54) is 0 Å². The third-order valence-electron chi connectivity index (χ3n) is 3.93. The molecule has 2 fully saturated rings. The first-order chi connectivity index (χ1) is 7.65. The molecule has 94 valence electrons. The standard InChI is InChI=1S/C12H24N2O2/c1-10(14-7-4-12(16)9-14)2-5-13-6-3-11(15)8-13/h10-12,15-16H,2-9H2,1H3. The second-order valence-corrected chi connectivity index (χ2v) is 5.32. The topological polar surface area (TPSA) is 46.9 Å². The van der Waals surface area contributed by atoms with E-state index in [1.54, 1.807) is 0 Å². The number of aliphatic hydroxyl groups excluding tert-OH is 2. The van der Waals surface area contributed by atoms with E-state index in [4.69, 9.17) is 0 Å². The molecule has 2 N–H and O–H groups in total. The summed E-state index contributed by atoms with van der Waals surface area (Å²) in [7, 11) is 0. The molecule has 2 aliphatic rings. The Morgan fingerprint density at radius 2 is 1.81 bits per heavy atom. The molecule has 0 radical (unpaired) electrons. The fourth-order valence-electron chi connectivity index (χ4n) is 2.74. The van der Waals surface area contributed by atoms with Crippen LogP contribution in [-0.4, -0.2) is 71.0 Å². The maximum atomic E-state index is 9.48. The van der Waals surface area contributed by atoms with Crippen LogP contribution in [0.5, 0.6) is 0 Å². The smallest absolute Gasteiger partial charge is 0.0679 e. The van der Waals surface area contributed by atoms with Crippen LogP contribution in [0.2, 0.25) is 0 Å². The Kier molecular flexibility index (Phi) is 4.19. The predicted molar refractivity (Wildman–Crippen MR) is 63.3 cm³/mol. The lowest BCUT2D eigenvalue weighted by atomic mass is 10.2. The third-order valence-corrected chi connectivity index (χ3v) is 3.93. The summed E-state index contributed by atoms with van der Waals surface area (Å²) >= 11 is 0. The molecular weight excluding hydrogens is 204 g/mol. The van der Waals surface area contributed by atoms with Crippen LogP contribution in [0.25, 0.3) is 0 Å². The molecule has 0 amide bonds. The van der Waals surface area contributed by atoms with Crippen molar-refractivity contribution in [2.45, 2.75) is 44.4 Å². The molecule has 0 bridgehead atoms. The van der Waals surface area contributed by atoms with Crippen LogP contribution in [0.4, 0.5) is 0 Å². The van der Waals surface area contributed by atoms with Gasteiger partial charge in [0.05, 0.1) is 12.2 Å². The zero-order valence-electron chi connectivity index (χ0n) is 10.2. The van der Waals surface area contributed by atoms with Gasteiger partial charge in [-0.3, -0.25) is 4.90 Å². The minimum atomic E-state index is -0.115. The van der Waals surface area contributed by atoms with Gasteiger partial charge in [0.15, 0.2) is 0 Å². The summed E-state index contributed by atoms with van der Waals surface area (Å²) in [5, 5.41) is 18.9. The summed E-state index contributed by atoms with van der Waals surface area (Å²) in [6, 6.07) is 0.551. The van der Waals surface area contributed by atoms with Gasteiger partial charge < -0.3 is 15.1 Å². The van der Waals surface area contributed by atoms with Crippen molar-refractivity contribution in [1.82, 2.24) is 9.80 Å². The van der Waals surface area contributed by atoms with Gasteiger partial charge in [0.1, 0.15) is 0 Å². The van der Waals surface area contributed by atoms with Gasteiger partial charge in [0, 0.05) is 32.2 Å². The normalized spacial score (nSPS) is 34.7. The van der Waals surface area contributed by atoms with E-state index in [0.29, 0.717) is 6.04 Å². The SMILES string of the molecule is CC(CCN1CCC(O)C1)N1CCC(O)C1. The molecule has 0 aromatic heterocycles. The van der Waals surface area contributed by atoms with E-state index < -0.39 is 0 Å². The van der Waals surface area contributed by atoms with Crippen molar-refractivity contribution in [2.75, 3.05) is 32.7 Å². The van der Waals surface area contributed by atoms with Gasteiger partial charge in [0.2, 0.25) is 0 Å². The third kappa shape index (κ3) is 3.17. The Labute approximate surface area is 97.9 Å². The van der Waals surface area contributed by atoms with Crippen molar-refractivity contribution in [3.63, 3.8) is 0 Å². The predicted octanol–water partition coefficient (Wildman–Crippen LogP) is -0.102. The van der Waals surface area contributed by atoms with Crippen LogP contribution in [0.15, 0.2) is 0 Å². The first-order valence-corrected chi connectivity index (χ1v) is 6.47. The number of likely N-dealkylation sites (tertiary alicyclic amines) is 2. The fourth-order valence-corrected chi connectivity index (χ4v) is 2.74. The van der Waals surface area contributed by atoms with Crippen LogP contribution in [-0.2, 0) is 0 Å². The van der Waals surface area contributed by atoms with E-state index in [1.807, 2.05) is 0 Å². The number of aliphatic hydroxyl groups is 2. The largest absolute Gasteiger partial charge is 0.392 e. The van der Waals surface area contributed by atoms with E-state index >= 15 is 0 Å². The quantitative estimate of drug-likeness (QED) is 0.705. The minimum Gasteiger partial charge on any atom is -0.392 e. The summed E-state index contributed by atoms with van der Waals surface area (Å²) in [4.78, 5) is 4.71. The number of hydrogen-bond donors (Lipinski definition) is 2. The average molecular weight is 228 g/mol. The second kappa shape index (κ2) is 5.45. The average Bonchev–Trinajstić information content (AvgIpc) is 2.84. The van der Waals surface area contributed by atoms with Crippen molar-refractivity contribution in [3.8, 4) is 0 Å². The van der Waals surface area contributed by atoms with Crippen molar-refractivity contribution in [1.29, 1.82) is 0 Å². The van der Waals surface area contributed by atoms with Gasteiger partial charge in [-0.2, -0.15) is 0 Å². The molecule has 3 atom stereocenters. The Morgan fingerprint density at radius 1 is 1.12 bits per heavy atom. The lowest BCUT2D eigenvalue weighted by Crippen LogP contribution is -2.35. The maximum absolute atomic E-state index is 9.48. The number of hydrogen-bond acceptors (Lipinski definition) is 4. The first-order valence-electron chi connectivity index (χ1n) is 6.47. The van der Waals surface area contributed by atoms with Crippen LogP contribution in [0, 0.1) is 0 Å². The van der Waals surface area contributed by atoms with Crippen molar-refractivity contribution in [2.24, 2.45) is 0 Å². The highest BCUT2D eigenvalue weighted by Crippen LogP contribution is 2.16. The van der Waals surface area contributed by atoms with Crippen molar-refractivity contribution in [3.05, 3.63) is 0 Å². The van der Waals surface area contributed by atoms with E-state index in [9.17, 15) is 10.2 Å². The lowest BCUT2D eigenvalue weighted by molar-refractivity contribution is 0.150. The van der Waals surface area contributed by atoms with E-state index in [0.717, 1.165) is 52.0 Å². The molecule has 0 saturated carbocycles. The number of nitrogens with zero attached hydrogens (tertiary/aromatic N) is 2. The molecule has 0 aliphatic carbocycles. The molecule has 0 aromatic carbocycles. The Hall–Kier alpha value is -0.160. The Bertz CT molecular complexity index is 225. The van der Waals surface area contributed by atoms with Crippen molar-refractivity contribution >= 4 is 0 Å². The molecule has 2 heterocycles. The summed E-state index contributed by atoms with van der Waals surface area (Å²) in [5.41, 5.74) is 0. The Balaban J connectivity index is 1.65. The van der Waals surface area contributed by atoms with Crippen LogP contribution < -0.4 is 0 Å². The highest BCUT2D eigenvalue weighted by atomic mass is 16.3. The summed E-state index contributed by atoms with van der Waals surface area (Å²) in [6.45, 7) is 7.07. The number of β-amino-alcohol motifs (C(OH)–C–C–N with tert-alkyl or cyclic N) is 2. The lowest BCUT2D eigenvalue weighted by Gasteiger charge is -2.26. The van der Waals surface area contributed by atoms with Gasteiger partial charge in [0.25, 0.3) is 0 Å². The van der Waals surface area contributed by atoms with Gasteiger partial charge in [-0.05, 0) is 32.7 Å². The van der Waals surface area contributed by atoms with Crippen LogP contribution in [0.1, 0.15) is 26.2 Å². The summed E-state index contributed by atoms with van der Waals surface area (Å²) in [6.07, 6.45) is 2.77. The molecule has 16 heavy (non-hydrogen) atoms. The highest BCUT2D eigenvalue weighted by molar-refractivity contribution is 4.81. The molecule has 4 heteroatoms. The van der Waals surface area contributed by atoms with Crippen LogP contribution in [0.3, 0.4) is 0 Å². The molecular formula is C12H24N2O2. The number of rotatable bonds is 4. The van der Waals surface area contributed by atoms with Gasteiger partial charge in [-0.15, -0.1) is 0 Å². The molecule has 4 nitrogen and oxygen atoms in total. The van der Waals surface area contributed by atoms with Gasteiger partial charge in [-0.25, -0.2) is 0 Å². The zero-order valence-corrected chi connectivity index (χ0v) is 10.2. The first kappa shape index (κ1) is 12.3. The fraction of sp³-hybridized carbons (Fsp3) is 1.00. The summed E-state index contributed by atoms with van der Waals surface area (Å²) < 4.78 is 0. The summed E-state index contributed by atoms with van der Waals surface area (Å²) in [5.74, 6) is 0. The molecule has 2 saturated heterocycles. The second-order valence-electron chi connectivity index (χ2n) is 5.32. The van der Waals surface area contributed by atoms with Crippen LogP contribution >= 0.6 is 0 Å². The molecule has 0 aromatic rings. The molecule has 0 spiro atoms. The Morgan fingerprint density at radius 3 is 2.38 bits per heavy atom. The highest BCUT2D eigenvalue weighted by Gasteiger charge is 2.25. The van der Waals surface area contributed by atoms with E-state index in [2.05, 4.69) is 16.7 Å². The van der Waals surface area contributed by atoms with E-state index in [-0.39, 0.29) is 12.2 Å². The zero-order chi connectivity index (χ0) is 11.5. The molecule has 2 aliphatic heterocycles. The van der Waals surface area contributed by atoms with Crippen molar-refractivity contribution < 1.29 is 10.2 Å². The maximum Gasteiger partial charge on any atom is 0.0679 e. The molecule has 2 rings (SSSR count). The molecule has 3 unspecified atom stereocenters. The van der Waals surface area contributed by atoms with Gasteiger partial charge >= 0.3 is 0 Å².